The molecule has 0 radical (unpaired) electrons. The first-order chi connectivity index (χ1) is 10.2. The van der Waals surface area contributed by atoms with E-state index >= 15 is 0 Å². The Morgan fingerprint density at radius 3 is 2.64 bits per heavy atom. The number of halogens is 2. The Bertz CT molecular complexity index is 483. The van der Waals surface area contributed by atoms with Gasteiger partial charge in [-0.25, -0.2) is 9.18 Å². The smallest absolute Gasteiger partial charge is 0.410 e. The quantitative estimate of drug-likeness (QED) is 0.806. The third-order valence-corrected chi connectivity index (χ3v) is 3.02. The largest absolute Gasteiger partial charge is 0.444 e. The van der Waals surface area contributed by atoms with Crippen molar-refractivity contribution in [3.8, 4) is 0 Å². The molecule has 1 amide bonds. The molecule has 0 saturated carbocycles. The molecule has 1 N–H and O–H groups in total. The number of carbonyl (C=O) groups is 1. The Balaban J connectivity index is 2.23. The van der Waals surface area contributed by atoms with Gasteiger partial charge in [0, 0.05) is 25.2 Å². The number of benzene rings is 1. The molecule has 124 valence electrons. The van der Waals surface area contributed by atoms with E-state index in [9.17, 15) is 9.18 Å². The summed E-state index contributed by atoms with van der Waals surface area (Å²) < 4.78 is 18.4. The molecule has 4 nitrogen and oxygen atoms in total. The van der Waals surface area contributed by atoms with Crippen LogP contribution in [0, 0.1) is 5.82 Å². The zero-order valence-corrected chi connectivity index (χ0v) is 14.3. The zero-order valence-electron chi connectivity index (χ0n) is 13.6. The zero-order chi connectivity index (χ0) is 16.8. The molecule has 0 bridgehead atoms. The van der Waals surface area contributed by atoms with E-state index in [0.29, 0.717) is 24.7 Å². The molecule has 0 fully saturated rings. The summed E-state index contributed by atoms with van der Waals surface area (Å²) in [4.78, 5) is 13.3. The van der Waals surface area contributed by atoms with Crippen molar-refractivity contribution in [3.05, 3.63) is 34.6 Å². The molecule has 0 unspecified atom stereocenters. The lowest BCUT2D eigenvalue weighted by Gasteiger charge is -2.24. The monoisotopic (exact) mass is 330 g/mol. The highest BCUT2D eigenvalue weighted by Gasteiger charge is 2.18. The summed E-state index contributed by atoms with van der Waals surface area (Å²) in [6.45, 7) is 7.35. The Morgan fingerprint density at radius 2 is 2.05 bits per heavy atom. The first-order valence-corrected chi connectivity index (χ1v) is 7.65. The Morgan fingerprint density at radius 1 is 1.36 bits per heavy atom. The summed E-state index contributed by atoms with van der Waals surface area (Å²) in [5, 5.41) is 3.58. The molecule has 1 aromatic rings. The van der Waals surface area contributed by atoms with Crippen molar-refractivity contribution in [2.45, 2.75) is 39.3 Å². The van der Waals surface area contributed by atoms with Gasteiger partial charge in [0.15, 0.2) is 0 Å². The number of nitrogens with zero attached hydrogens (tertiary/aromatic N) is 1. The third kappa shape index (κ3) is 7.61. The fraction of sp³-hybridized carbons (Fsp3) is 0.562. The number of hydrogen-bond acceptors (Lipinski definition) is 3. The molecule has 0 spiro atoms. The van der Waals surface area contributed by atoms with Gasteiger partial charge in [0.05, 0.1) is 0 Å². The summed E-state index contributed by atoms with van der Waals surface area (Å²) >= 11 is 5.79. The van der Waals surface area contributed by atoms with Crippen molar-refractivity contribution in [2.75, 3.05) is 20.1 Å². The molecule has 0 aliphatic carbocycles. The Hall–Kier alpha value is -1.33. The Kier molecular flexibility index (Phi) is 7.10. The minimum atomic E-state index is -0.486. The lowest BCUT2D eigenvalue weighted by atomic mass is 10.2. The molecular weight excluding hydrogens is 307 g/mol. The number of nitrogens with one attached hydrogen (secondary N) is 1. The summed E-state index contributed by atoms with van der Waals surface area (Å²) in [7, 11) is 1.71. The highest BCUT2D eigenvalue weighted by molar-refractivity contribution is 6.30. The molecule has 0 aliphatic heterocycles. The highest BCUT2D eigenvalue weighted by atomic mass is 35.5. The summed E-state index contributed by atoms with van der Waals surface area (Å²) in [6, 6.07) is 4.46. The summed E-state index contributed by atoms with van der Waals surface area (Å²) in [6.07, 6.45) is 0.447. The van der Waals surface area contributed by atoms with Crippen LogP contribution in [0.25, 0.3) is 0 Å². The van der Waals surface area contributed by atoms with Crippen LogP contribution in [0.4, 0.5) is 9.18 Å². The topological polar surface area (TPSA) is 41.6 Å². The molecule has 22 heavy (non-hydrogen) atoms. The highest BCUT2D eigenvalue weighted by Crippen LogP contribution is 2.14. The van der Waals surface area contributed by atoms with Gasteiger partial charge in [0.2, 0.25) is 0 Å². The van der Waals surface area contributed by atoms with Gasteiger partial charge in [-0.3, -0.25) is 0 Å². The Labute approximate surface area is 136 Å². The van der Waals surface area contributed by atoms with E-state index in [4.69, 9.17) is 16.3 Å². The van der Waals surface area contributed by atoms with Crippen LogP contribution in [0.3, 0.4) is 0 Å². The molecular formula is C16H24ClFN2O2. The average molecular weight is 331 g/mol. The second-order valence-corrected chi connectivity index (χ2v) is 6.65. The molecule has 1 rings (SSSR count). The van der Waals surface area contributed by atoms with Crippen LogP contribution in [0.1, 0.15) is 32.8 Å². The van der Waals surface area contributed by atoms with Crippen LogP contribution < -0.4 is 5.32 Å². The number of rotatable bonds is 6. The van der Waals surface area contributed by atoms with E-state index < -0.39 is 5.60 Å². The molecule has 1 aromatic carbocycles. The maximum atomic E-state index is 13.2. The van der Waals surface area contributed by atoms with Gasteiger partial charge in [-0.1, -0.05) is 11.6 Å². The molecule has 0 atom stereocenters. The van der Waals surface area contributed by atoms with Crippen molar-refractivity contribution in [1.82, 2.24) is 10.2 Å². The first-order valence-electron chi connectivity index (χ1n) is 7.27. The van der Waals surface area contributed by atoms with E-state index in [1.54, 1.807) is 18.0 Å². The number of ether oxygens (including phenoxy) is 1. The maximum absolute atomic E-state index is 13.2. The molecule has 0 heterocycles. The standard InChI is InChI=1S/C16H24ClFN2O2/c1-16(2,3)22-15(21)20(4)7-5-6-19-11-12-8-13(17)10-14(18)9-12/h8-10,19H,5-7,11H2,1-4H3. The minimum absolute atomic E-state index is 0.329. The average Bonchev–Trinajstić information content (AvgIpc) is 2.34. The van der Waals surface area contributed by atoms with Crippen molar-refractivity contribution < 1.29 is 13.9 Å². The van der Waals surface area contributed by atoms with E-state index in [1.807, 2.05) is 20.8 Å². The van der Waals surface area contributed by atoms with Crippen molar-refractivity contribution in [1.29, 1.82) is 0 Å². The van der Waals surface area contributed by atoms with E-state index in [1.165, 1.54) is 12.1 Å². The van der Waals surface area contributed by atoms with E-state index in [0.717, 1.165) is 12.0 Å². The van der Waals surface area contributed by atoms with Gasteiger partial charge in [0.25, 0.3) is 0 Å². The van der Waals surface area contributed by atoms with Crippen LogP contribution in [0.5, 0.6) is 0 Å². The number of hydrogen-bond donors (Lipinski definition) is 1. The lowest BCUT2D eigenvalue weighted by Crippen LogP contribution is -2.35. The first kappa shape index (κ1) is 18.7. The van der Waals surface area contributed by atoms with Crippen molar-refractivity contribution in [2.24, 2.45) is 0 Å². The van der Waals surface area contributed by atoms with Gasteiger partial charge in [-0.2, -0.15) is 0 Å². The molecule has 0 aromatic heterocycles. The maximum Gasteiger partial charge on any atom is 0.410 e. The van der Waals surface area contributed by atoms with Crippen LogP contribution in [-0.2, 0) is 11.3 Å². The van der Waals surface area contributed by atoms with Crippen LogP contribution in [0.15, 0.2) is 18.2 Å². The molecule has 6 heteroatoms. The van der Waals surface area contributed by atoms with Crippen LogP contribution >= 0.6 is 11.6 Å². The normalized spacial score (nSPS) is 11.4. The SMILES string of the molecule is CN(CCCNCc1cc(F)cc(Cl)c1)C(=O)OC(C)(C)C. The number of carbonyl (C=O) groups excluding carboxylic acids is 1. The molecule has 0 saturated heterocycles. The van der Waals surface area contributed by atoms with E-state index in [-0.39, 0.29) is 11.9 Å². The number of amides is 1. The van der Waals surface area contributed by atoms with Crippen LogP contribution in [0.2, 0.25) is 5.02 Å². The second kappa shape index (κ2) is 8.34. The van der Waals surface area contributed by atoms with Crippen LogP contribution in [-0.4, -0.2) is 36.7 Å². The third-order valence-electron chi connectivity index (χ3n) is 2.80. The summed E-state index contributed by atoms with van der Waals surface area (Å²) in [5.74, 6) is -0.339. The fourth-order valence-corrected chi connectivity index (χ4v) is 2.06. The lowest BCUT2D eigenvalue weighted by molar-refractivity contribution is 0.0297. The predicted molar refractivity (Wildman–Crippen MR) is 86.6 cm³/mol. The second-order valence-electron chi connectivity index (χ2n) is 6.21. The fourth-order valence-electron chi connectivity index (χ4n) is 1.82. The van der Waals surface area contributed by atoms with Gasteiger partial charge in [-0.15, -0.1) is 0 Å². The summed E-state index contributed by atoms with van der Waals surface area (Å²) in [5.41, 5.74) is 0.311. The predicted octanol–water partition coefficient (Wildman–Crippen LogP) is 3.83. The van der Waals surface area contributed by atoms with Gasteiger partial charge >= 0.3 is 6.09 Å². The van der Waals surface area contributed by atoms with Crippen molar-refractivity contribution in [3.63, 3.8) is 0 Å². The minimum Gasteiger partial charge on any atom is -0.444 e. The van der Waals surface area contributed by atoms with Crippen molar-refractivity contribution >= 4 is 17.7 Å². The van der Waals surface area contributed by atoms with E-state index in [2.05, 4.69) is 5.32 Å². The van der Waals surface area contributed by atoms with Gasteiger partial charge in [0.1, 0.15) is 11.4 Å². The van der Waals surface area contributed by atoms with Gasteiger partial charge < -0.3 is 15.0 Å². The van der Waals surface area contributed by atoms with Gasteiger partial charge in [-0.05, 0) is 57.5 Å². The molecule has 0 aliphatic rings.